The summed E-state index contributed by atoms with van der Waals surface area (Å²) in [4.78, 5) is 28.2. The molecule has 0 aliphatic heterocycles. The van der Waals surface area contributed by atoms with Crippen LogP contribution in [0.4, 0.5) is 18.9 Å². The maximum Gasteiger partial charge on any atom is 0.491 e. The topological polar surface area (TPSA) is 91.2 Å². The van der Waals surface area contributed by atoms with Crippen LogP contribution in [0.2, 0.25) is 0 Å². The quantitative estimate of drug-likeness (QED) is 0.476. The predicted octanol–water partition coefficient (Wildman–Crippen LogP) is 3.49. The molecule has 1 aromatic heterocycles. The van der Waals surface area contributed by atoms with E-state index in [1.165, 1.54) is 24.3 Å². The van der Waals surface area contributed by atoms with E-state index in [0.29, 0.717) is 12.0 Å². The Balaban J connectivity index is 1.95. The summed E-state index contributed by atoms with van der Waals surface area (Å²) in [5, 5.41) is 3.25. The molecule has 1 unspecified atom stereocenters. The largest absolute Gasteiger partial charge is 0.491 e. The molecule has 164 valence electrons. The number of H-pyrrole nitrogens is 1. The maximum absolute atomic E-state index is 13.9. The van der Waals surface area contributed by atoms with E-state index in [2.05, 4.69) is 10.3 Å². The van der Waals surface area contributed by atoms with Crippen LogP contribution in [0.1, 0.15) is 18.4 Å². The van der Waals surface area contributed by atoms with Gasteiger partial charge in [0, 0.05) is 29.9 Å². The van der Waals surface area contributed by atoms with Crippen molar-refractivity contribution in [1.29, 1.82) is 0 Å². The van der Waals surface area contributed by atoms with E-state index < -0.39 is 24.2 Å². The number of benzene rings is 2. The number of carbonyl (C=O) groups is 2. The molecule has 0 radical (unpaired) electrons. The lowest BCUT2D eigenvalue weighted by Gasteiger charge is -2.29. The van der Waals surface area contributed by atoms with Crippen LogP contribution >= 0.6 is 0 Å². The Morgan fingerprint density at radius 3 is 2.42 bits per heavy atom. The number of alkyl halides is 3. The molecule has 0 aliphatic carbocycles. The van der Waals surface area contributed by atoms with E-state index in [0.717, 1.165) is 10.9 Å². The fraction of sp³-hybridized carbons (Fsp3) is 0.273. The highest BCUT2D eigenvalue weighted by Gasteiger charge is 2.45. The molecule has 0 aliphatic rings. The van der Waals surface area contributed by atoms with Crippen LogP contribution in [0.25, 0.3) is 10.9 Å². The van der Waals surface area contributed by atoms with Crippen molar-refractivity contribution in [3.05, 3.63) is 66.4 Å². The minimum atomic E-state index is -4.96. The number of halogens is 3. The first-order valence-electron chi connectivity index (χ1n) is 9.81. The minimum absolute atomic E-state index is 0.0194. The second kappa shape index (κ2) is 9.65. The lowest BCUT2D eigenvalue weighted by molar-refractivity contribution is -0.152. The molecular weight excluding hydrogens is 409 g/mol. The van der Waals surface area contributed by atoms with Gasteiger partial charge in [-0.1, -0.05) is 36.4 Å². The first kappa shape index (κ1) is 22.4. The van der Waals surface area contributed by atoms with Gasteiger partial charge in [0.05, 0.1) is 5.69 Å². The summed E-state index contributed by atoms with van der Waals surface area (Å²) < 4.78 is 41.6. The first-order valence-corrected chi connectivity index (χ1v) is 9.81. The number of anilines is 1. The normalized spacial score (nSPS) is 12.5. The molecule has 0 saturated carbocycles. The van der Waals surface area contributed by atoms with Crippen molar-refractivity contribution in [2.75, 3.05) is 11.4 Å². The molecule has 2 amide bonds. The van der Waals surface area contributed by atoms with Crippen LogP contribution in [0, 0.1) is 0 Å². The van der Waals surface area contributed by atoms with E-state index in [1.54, 1.807) is 24.4 Å². The summed E-state index contributed by atoms with van der Waals surface area (Å²) in [7, 11) is 0. The Labute approximate surface area is 177 Å². The Morgan fingerprint density at radius 2 is 1.74 bits per heavy atom. The van der Waals surface area contributed by atoms with E-state index in [-0.39, 0.29) is 30.0 Å². The highest BCUT2D eigenvalue weighted by atomic mass is 19.4. The van der Waals surface area contributed by atoms with Gasteiger partial charge in [0.25, 0.3) is 5.91 Å². The lowest BCUT2D eigenvalue weighted by atomic mass is 10.0. The molecule has 0 fully saturated rings. The maximum atomic E-state index is 13.9. The second-order valence-electron chi connectivity index (χ2n) is 7.05. The number of amides is 2. The summed E-state index contributed by atoms with van der Waals surface area (Å²) in [6, 6.07) is 12.6. The van der Waals surface area contributed by atoms with Crippen molar-refractivity contribution >= 4 is 28.4 Å². The minimum Gasteiger partial charge on any atom is -0.361 e. The van der Waals surface area contributed by atoms with Crippen molar-refractivity contribution < 1.29 is 22.8 Å². The molecule has 9 heteroatoms. The number of hydrogen-bond donors (Lipinski definition) is 3. The molecule has 6 nitrogen and oxygen atoms in total. The van der Waals surface area contributed by atoms with Gasteiger partial charge in [-0.25, -0.2) is 4.90 Å². The van der Waals surface area contributed by atoms with Crippen LogP contribution in [-0.2, 0) is 16.0 Å². The highest BCUT2D eigenvalue weighted by Crippen LogP contribution is 2.30. The molecule has 2 aromatic carbocycles. The molecule has 0 saturated heterocycles. The Kier molecular flexibility index (Phi) is 6.96. The van der Waals surface area contributed by atoms with Gasteiger partial charge in [-0.3, -0.25) is 9.59 Å². The summed E-state index contributed by atoms with van der Waals surface area (Å²) in [5.41, 5.74) is 6.51. The van der Waals surface area contributed by atoms with Crippen molar-refractivity contribution in [3.8, 4) is 0 Å². The SMILES string of the molecule is NCCCC(=O)NC(Cc1c[nH]c2ccccc12)C(=O)N(c1ccccc1)C(F)(F)F. The number of hydrogen-bond acceptors (Lipinski definition) is 3. The molecule has 1 heterocycles. The summed E-state index contributed by atoms with van der Waals surface area (Å²) in [6.45, 7) is 0.257. The summed E-state index contributed by atoms with van der Waals surface area (Å²) >= 11 is 0. The zero-order valence-electron chi connectivity index (χ0n) is 16.7. The van der Waals surface area contributed by atoms with E-state index in [4.69, 9.17) is 5.73 Å². The van der Waals surface area contributed by atoms with E-state index in [1.807, 2.05) is 12.1 Å². The van der Waals surface area contributed by atoms with Crippen molar-refractivity contribution in [3.63, 3.8) is 0 Å². The molecule has 3 rings (SSSR count). The third-order valence-corrected chi connectivity index (χ3v) is 4.83. The summed E-state index contributed by atoms with van der Waals surface area (Å²) in [5.74, 6) is -1.79. The molecule has 0 bridgehead atoms. The van der Waals surface area contributed by atoms with Crippen LogP contribution in [-0.4, -0.2) is 35.7 Å². The number of para-hydroxylation sites is 2. The number of nitrogens with zero attached hydrogens (tertiary/aromatic N) is 1. The predicted molar refractivity (Wildman–Crippen MR) is 112 cm³/mol. The average Bonchev–Trinajstić information content (AvgIpc) is 3.14. The lowest BCUT2D eigenvalue weighted by Crippen LogP contribution is -2.54. The standard InChI is InChI=1S/C22H23F3N4O2/c23-22(24,25)29(16-7-2-1-3-8-16)21(31)19(28-20(30)11-6-12-26)13-15-14-27-18-10-5-4-9-17(15)18/h1-5,7-10,14,19,27H,6,11-13,26H2,(H,28,30). The number of rotatable bonds is 8. The highest BCUT2D eigenvalue weighted by molar-refractivity contribution is 6.00. The molecule has 0 spiro atoms. The molecule has 31 heavy (non-hydrogen) atoms. The Bertz CT molecular complexity index is 1030. The number of fused-ring (bicyclic) bond motifs is 1. The third-order valence-electron chi connectivity index (χ3n) is 4.83. The van der Waals surface area contributed by atoms with Crippen molar-refractivity contribution in [1.82, 2.24) is 10.3 Å². The van der Waals surface area contributed by atoms with Crippen molar-refractivity contribution in [2.45, 2.75) is 31.6 Å². The molecule has 4 N–H and O–H groups in total. The van der Waals surface area contributed by atoms with Gasteiger partial charge in [0.2, 0.25) is 5.91 Å². The molecule has 1 atom stereocenters. The van der Waals surface area contributed by atoms with Crippen molar-refractivity contribution in [2.24, 2.45) is 5.73 Å². The van der Waals surface area contributed by atoms with Gasteiger partial charge < -0.3 is 16.0 Å². The zero-order chi connectivity index (χ0) is 22.4. The number of carbonyl (C=O) groups excluding carboxylic acids is 2. The molecule has 3 aromatic rings. The van der Waals surface area contributed by atoms with Gasteiger partial charge >= 0.3 is 6.30 Å². The van der Waals surface area contributed by atoms with Gasteiger partial charge in [-0.05, 0) is 36.7 Å². The summed E-state index contributed by atoms with van der Waals surface area (Å²) in [6.07, 6.45) is -3.04. The Hall–Kier alpha value is -3.33. The van der Waals surface area contributed by atoms with Gasteiger partial charge in [0.15, 0.2) is 0 Å². The average molecular weight is 432 g/mol. The Morgan fingerprint density at radius 1 is 1.06 bits per heavy atom. The van der Waals surface area contributed by atoms with Gasteiger partial charge in [0.1, 0.15) is 6.04 Å². The number of nitrogens with one attached hydrogen (secondary N) is 2. The van der Waals surface area contributed by atoms with Crippen LogP contribution in [0.15, 0.2) is 60.8 Å². The van der Waals surface area contributed by atoms with E-state index >= 15 is 0 Å². The number of aromatic nitrogens is 1. The van der Waals surface area contributed by atoms with Crippen LogP contribution < -0.4 is 16.0 Å². The fourth-order valence-corrected chi connectivity index (χ4v) is 3.38. The van der Waals surface area contributed by atoms with E-state index in [9.17, 15) is 22.8 Å². The zero-order valence-corrected chi connectivity index (χ0v) is 16.7. The monoisotopic (exact) mass is 432 g/mol. The first-order chi connectivity index (χ1) is 14.8. The van der Waals surface area contributed by atoms with Gasteiger partial charge in [-0.15, -0.1) is 13.2 Å². The van der Waals surface area contributed by atoms with Gasteiger partial charge in [-0.2, -0.15) is 0 Å². The number of aromatic amines is 1. The smallest absolute Gasteiger partial charge is 0.361 e. The molecular formula is C22H23F3N4O2. The second-order valence-corrected chi connectivity index (χ2v) is 7.05. The third kappa shape index (κ3) is 5.43. The van der Waals surface area contributed by atoms with Crippen LogP contribution in [0.5, 0.6) is 0 Å². The number of nitrogens with two attached hydrogens (primary N) is 1. The fourth-order valence-electron chi connectivity index (χ4n) is 3.38. The van der Waals surface area contributed by atoms with Crippen LogP contribution in [0.3, 0.4) is 0 Å².